The van der Waals surface area contributed by atoms with Crippen molar-refractivity contribution in [3.05, 3.63) is 20.8 Å². The lowest BCUT2D eigenvalue weighted by atomic mass is 9.99. The average Bonchev–Trinajstić information content (AvgIpc) is 2.76. The summed E-state index contributed by atoms with van der Waals surface area (Å²) in [5.41, 5.74) is 0. The van der Waals surface area contributed by atoms with Crippen LogP contribution in [0.1, 0.15) is 17.7 Å². The molecule has 2 N–H and O–H groups in total. The smallest absolute Gasteiger partial charge is 0.224 e. The molecule has 18 heavy (non-hydrogen) atoms. The zero-order valence-electron chi connectivity index (χ0n) is 10.1. The summed E-state index contributed by atoms with van der Waals surface area (Å²) in [6.07, 6.45) is 3.04. The summed E-state index contributed by atoms with van der Waals surface area (Å²) in [5, 5.41) is 6.28. The monoisotopic (exact) mass is 352 g/mol. The second kappa shape index (κ2) is 8.15. The molecule has 0 aromatic carbocycles. The molecule has 0 radical (unpaired) electrons. The molecular weight excluding hydrogens is 336 g/mol. The number of halogens is 2. The van der Waals surface area contributed by atoms with Gasteiger partial charge in [-0.3, -0.25) is 4.79 Å². The Balaban J connectivity index is 0.00000162. The van der Waals surface area contributed by atoms with Crippen LogP contribution in [0, 0.1) is 5.92 Å². The molecule has 6 heteroatoms. The first kappa shape index (κ1) is 16.0. The van der Waals surface area contributed by atoms with Crippen LogP contribution in [-0.2, 0) is 11.2 Å². The number of amides is 1. The molecule has 1 aliphatic rings. The maximum absolute atomic E-state index is 11.8. The first-order valence-corrected chi connectivity index (χ1v) is 7.59. The Bertz CT molecular complexity index is 380. The van der Waals surface area contributed by atoms with Crippen molar-refractivity contribution in [1.29, 1.82) is 0 Å². The molecule has 3 nitrogen and oxygen atoms in total. The van der Waals surface area contributed by atoms with Crippen LogP contribution in [0.15, 0.2) is 15.9 Å². The summed E-state index contributed by atoms with van der Waals surface area (Å²) in [6.45, 7) is 2.62. The summed E-state index contributed by atoms with van der Waals surface area (Å²) in [7, 11) is 0. The molecule has 1 amide bonds. The van der Waals surface area contributed by atoms with Gasteiger partial charge in [0.1, 0.15) is 0 Å². The van der Waals surface area contributed by atoms with Gasteiger partial charge in [0.15, 0.2) is 0 Å². The van der Waals surface area contributed by atoms with Gasteiger partial charge < -0.3 is 10.6 Å². The summed E-state index contributed by atoms with van der Waals surface area (Å²) < 4.78 is 1.15. The summed E-state index contributed by atoms with van der Waals surface area (Å²) in [5.74, 6) is 0.367. The van der Waals surface area contributed by atoms with E-state index >= 15 is 0 Å². The molecule has 0 saturated carbocycles. The highest BCUT2D eigenvalue weighted by molar-refractivity contribution is 9.11. The lowest BCUT2D eigenvalue weighted by Gasteiger charge is -2.21. The molecule has 1 atom stereocenters. The second-order valence-electron chi connectivity index (χ2n) is 4.29. The Labute approximate surface area is 126 Å². The molecule has 0 spiro atoms. The van der Waals surface area contributed by atoms with Crippen LogP contribution in [0.25, 0.3) is 0 Å². The zero-order chi connectivity index (χ0) is 12.1. The molecule has 1 aromatic rings. The van der Waals surface area contributed by atoms with Crippen molar-refractivity contribution in [2.24, 2.45) is 5.92 Å². The van der Waals surface area contributed by atoms with E-state index in [1.54, 1.807) is 11.3 Å². The average molecular weight is 354 g/mol. The lowest BCUT2D eigenvalue weighted by molar-refractivity contribution is -0.125. The third kappa shape index (κ3) is 4.88. The highest BCUT2D eigenvalue weighted by Gasteiger charge is 2.20. The SMILES string of the molecule is Cl.O=C(NCCc1ccc(Br)s1)C1CCCNC1. The standard InChI is InChI=1S/C12H17BrN2OS.ClH/c13-11-4-3-10(17-11)5-7-15-12(16)9-2-1-6-14-8-9;/h3-4,9,14H,1-2,5-8H2,(H,15,16);1H. The van der Waals surface area contributed by atoms with Crippen molar-refractivity contribution in [1.82, 2.24) is 10.6 Å². The van der Waals surface area contributed by atoms with E-state index < -0.39 is 0 Å². The predicted molar refractivity (Wildman–Crippen MR) is 81.6 cm³/mol. The molecule has 0 aliphatic carbocycles. The molecule has 1 unspecified atom stereocenters. The fraction of sp³-hybridized carbons (Fsp3) is 0.583. The van der Waals surface area contributed by atoms with E-state index in [4.69, 9.17) is 0 Å². The van der Waals surface area contributed by atoms with Gasteiger partial charge >= 0.3 is 0 Å². The number of nitrogens with one attached hydrogen (secondary N) is 2. The number of piperidine rings is 1. The van der Waals surface area contributed by atoms with Crippen LogP contribution in [-0.4, -0.2) is 25.5 Å². The van der Waals surface area contributed by atoms with E-state index in [2.05, 4.69) is 32.6 Å². The van der Waals surface area contributed by atoms with Gasteiger partial charge in [0.25, 0.3) is 0 Å². The van der Waals surface area contributed by atoms with E-state index in [1.807, 2.05) is 6.07 Å². The van der Waals surface area contributed by atoms with Crippen LogP contribution >= 0.6 is 39.7 Å². The first-order chi connectivity index (χ1) is 8.25. The van der Waals surface area contributed by atoms with Gasteiger partial charge in [-0.2, -0.15) is 0 Å². The van der Waals surface area contributed by atoms with Gasteiger partial charge in [0.2, 0.25) is 5.91 Å². The highest BCUT2D eigenvalue weighted by atomic mass is 79.9. The molecule has 102 valence electrons. The van der Waals surface area contributed by atoms with Gasteiger partial charge in [-0.05, 0) is 53.9 Å². The predicted octanol–water partition coefficient (Wildman–Crippen LogP) is 2.59. The van der Waals surface area contributed by atoms with Crippen LogP contribution < -0.4 is 10.6 Å². The molecule has 1 aromatic heterocycles. The second-order valence-corrected chi connectivity index (χ2v) is 6.84. The minimum atomic E-state index is 0. The topological polar surface area (TPSA) is 41.1 Å². The van der Waals surface area contributed by atoms with Crippen molar-refractivity contribution in [2.45, 2.75) is 19.3 Å². The van der Waals surface area contributed by atoms with Crippen LogP contribution in [0.2, 0.25) is 0 Å². The molecule has 1 saturated heterocycles. The van der Waals surface area contributed by atoms with E-state index in [0.717, 1.165) is 42.7 Å². The molecule has 1 fully saturated rings. The fourth-order valence-electron chi connectivity index (χ4n) is 2.01. The van der Waals surface area contributed by atoms with E-state index in [1.165, 1.54) is 4.88 Å². The Morgan fingerprint density at radius 3 is 3.00 bits per heavy atom. The first-order valence-electron chi connectivity index (χ1n) is 5.98. The number of rotatable bonds is 4. The Hall–Kier alpha value is -0.100. The van der Waals surface area contributed by atoms with Crippen LogP contribution in [0.4, 0.5) is 0 Å². The van der Waals surface area contributed by atoms with Gasteiger partial charge in [0.05, 0.1) is 9.70 Å². The van der Waals surface area contributed by atoms with Crippen molar-refractivity contribution >= 4 is 45.6 Å². The molecule has 1 aliphatic heterocycles. The van der Waals surface area contributed by atoms with Gasteiger partial charge in [-0.25, -0.2) is 0 Å². The van der Waals surface area contributed by atoms with Crippen molar-refractivity contribution < 1.29 is 4.79 Å². The molecular formula is C12H18BrClN2OS. The number of carbonyl (C=O) groups is 1. The summed E-state index contributed by atoms with van der Waals surface area (Å²) in [6, 6.07) is 4.15. The quantitative estimate of drug-likeness (QED) is 0.873. The van der Waals surface area contributed by atoms with Gasteiger partial charge in [-0.1, -0.05) is 0 Å². The minimum Gasteiger partial charge on any atom is -0.355 e. The molecule has 0 bridgehead atoms. The van der Waals surface area contributed by atoms with Gasteiger partial charge in [-0.15, -0.1) is 23.7 Å². The van der Waals surface area contributed by atoms with Crippen molar-refractivity contribution in [2.75, 3.05) is 19.6 Å². The zero-order valence-corrected chi connectivity index (χ0v) is 13.3. The fourth-order valence-corrected chi connectivity index (χ4v) is 3.50. The Kier molecular flexibility index (Phi) is 7.22. The largest absolute Gasteiger partial charge is 0.355 e. The van der Waals surface area contributed by atoms with E-state index in [0.29, 0.717) is 0 Å². The van der Waals surface area contributed by atoms with E-state index in [-0.39, 0.29) is 24.2 Å². The van der Waals surface area contributed by atoms with Crippen LogP contribution in [0.5, 0.6) is 0 Å². The van der Waals surface area contributed by atoms with Crippen molar-refractivity contribution in [3.8, 4) is 0 Å². The minimum absolute atomic E-state index is 0. The third-order valence-electron chi connectivity index (χ3n) is 2.97. The number of carbonyl (C=O) groups excluding carboxylic acids is 1. The normalized spacial score (nSPS) is 19.1. The maximum Gasteiger partial charge on any atom is 0.224 e. The number of hydrogen-bond acceptors (Lipinski definition) is 3. The number of hydrogen-bond donors (Lipinski definition) is 2. The van der Waals surface area contributed by atoms with Gasteiger partial charge in [0, 0.05) is 18.0 Å². The number of thiophene rings is 1. The summed E-state index contributed by atoms with van der Waals surface area (Å²) >= 11 is 5.17. The third-order valence-corrected chi connectivity index (χ3v) is 4.65. The summed E-state index contributed by atoms with van der Waals surface area (Å²) in [4.78, 5) is 13.1. The van der Waals surface area contributed by atoms with Crippen molar-refractivity contribution in [3.63, 3.8) is 0 Å². The van der Waals surface area contributed by atoms with E-state index in [9.17, 15) is 4.79 Å². The highest BCUT2D eigenvalue weighted by Crippen LogP contribution is 2.22. The Morgan fingerprint density at radius 2 is 2.39 bits per heavy atom. The Morgan fingerprint density at radius 1 is 1.56 bits per heavy atom. The molecule has 2 rings (SSSR count). The maximum atomic E-state index is 11.8. The lowest BCUT2D eigenvalue weighted by Crippen LogP contribution is -2.41. The molecule has 2 heterocycles. The van der Waals surface area contributed by atoms with Crippen LogP contribution in [0.3, 0.4) is 0 Å².